The SMILES string of the molecule is CC(C)(C)OC(=O)N1CCC(=Cc2cccc(NC(=O)c3ccc(Cl)cn3)n2)CC1. The maximum Gasteiger partial charge on any atom is 0.410 e. The molecule has 1 fully saturated rings. The summed E-state index contributed by atoms with van der Waals surface area (Å²) in [5.41, 5.74) is 1.71. The van der Waals surface area contributed by atoms with E-state index in [1.165, 1.54) is 11.8 Å². The van der Waals surface area contributed by atoms with Crippen molar-refractivity contribution in [2.24, 2.45) is 0 Å². The van der Waals surface area contributed by atoms with E-state index in [2.05, 4.69) is 15.3 Å². The Morgan fingerprint density at radius 1 is 1.17 bits per heavy atom. The average molecular weight is 429 g/mol. The Morgan fingerprint density at radius 3 is 2.53 bits per heavy atom. The van der Waals surface area contributed by atoms with E-state index in [-0.39, 0.29) is 17.7 Å². The number of amides is 2. The maximum atomic E-state index is 12.3. The van der Waals surface area contributed by atoms with Gasteiger partial charge in [0.15, 0.2) is 0 Å². The predicted molar refractivity (Wildman–Crippen MR) is 116 cm³/mol. The summed E-state index contributed by atoms with van der Waals surface area (Å²) >= 11 is 5.80. The van der Waals surface area contributed by atoms with Gasteiger partial charge in [-0.2, -0.15) is 0 Å². The highest BCUT2D eigenvalue weighted by molar-refractivity contribution is 6.30. The van der Waals surface area contributed by atoms with Gasteiger partial charge in [-0.05, 0) is 64.0 Å². The number of pyridine rings is 2. The molecule has 2 aromatic rings. The standard InChI is InChI=1S/C22H25ClN4O3/c1-22(2,3)30-21(29)27-11-9-15(10-12-27)13-17-5-4-6-19(25-17)26-20(28)18-8-7-16(23)14-24-18/h4-8,13-14H,9-12H2,1-3H3,(H,25,26,28). The number of aromatic nitrogens is 2. The van der Waals surface area contributed by atoms with E-state index in [0.717, 1.165) is 18.5 Å². The van der Waals surface area contributed by atoms with Crippen molar-refractivity contribution in [1.29, 1.82) is 0 Å². The number of piperidine rings is 1. The minimum Gasteiger partial charge on any atom is -0.444 e. The van der Waals surface area contributed by atoms with Crippen LogP contribution in [0.25, 0.3) is 6.08 Å². The van der Waals surface area contributed by atoms with Crippen LogP contribution in [0.15, 0.2) is 42.1 Å². The molecule has 0 aromatic carbocycles. The topological polar surface area (TPSA) is 84.4 Å². The number of ether oxygens (including phenoxy) is 1. The Bertz CT molecular complexity index is 942. The van der Waals surface area contributed by atoms with Crippen molar-refractivity contribution >= 4 is 35.5 Å². The molecule has 8 heteroatoms. The maximum absolute atomic E-state index is 12.3. The van der Waals surface area contributed by atoms with Gasteiger partial charge in [-0.3, -0.25) is 4.79 Å². The first kappa shape index (κ1) is 21.8. The fourth-order valence-corrected chi connectivity index (χ4v) is 3.06. The van der Waals surface area contributed by atoms with Gasteiger partial charge in [0.25, 0.3) is 5.91 Å². The van der Waals surface area contributed by atoms with Crippen LogP contribution in [0.2, 0.25) is 5.02 Å². The number of carbonyl (C=O) groups excluding carboxylic acids is 2. The van der Waals surface area contributed by atoms with Crippen LogP contribution in [-0.4, -0.2) is 45.6 Å². The van der Waals surface area contributed by atoms with Gasteiger partial charge < -0.3 is 15.0 Å². The molecular weight excluding hydrogens is 404 g/mol. The molecule has 3 heterocycles. The van der Waals surface area contributed by atoms with Crippen LogP contribution in [0.5, 0.6) is 0 Å². The zero-order valence-corrected chi connectivity index (χ0v) is 18.1. The first-order chi connectivity index (χ1) is 14.2. The normalized spacial score (nSPS) is 14.3. The molecule has 1 saturated heterocycles. The molecule has 0 radical (unpaired) electrons. The zero-order valence-electron chi connectivity index (χ0n) is 17.3. The van der Waals surface area contributed by atoms with Crippen molar-refractivity contribution in [1.82, 2.24) is 14.9 Å². The first-order valence-electron chi connectivity index (χ1n) is 9.77. The lowest BCUT2D eigenvalue weighted by atomic mass is 10.0. The van der Waals surface area contributed by atoms with Gasteiger partial charge in [0.2, 0.25) is 0 Å². The fraction of sp³-hybridized carbons (Fsp3) is 0.364. The molecule has 0 atom stereocenters. The number of anilines is 1. The van der Waals surface area contributed by atoms with Crippen LogP contribution in [0.4, 0.5) is 10.6 Å². The second-order valence-corrected chi connectivity index (χ2v) is 8.47. The van der Waals surface area contributed by atoms with Crippen molar-refractivity contribution in [3.05, 3.63) is 58.5 Å². The van der Waals surface area contributed by atoms with Gasteiger partial charge >= 0.3 is 6.09 Å². The summed E-state index contributed by atoms with van der Waals surface area (Å²) in [5.74, 6) is 0.0897. The lowest BCUT2D eigenvalue weighted by Gasteiger charge is -2.31. The third-order valence-electron chi connectivity index (χ3n) is 4.38. The van der Waals surface area contributed by atoms with Crippen molar-refractivity contribution < 1.29 is 14.3 Å². The summed E-state index contributed by atoms with van der Waals surface area (Å²) in [4.78, 5) is 34.7. The molecule has 0 unspecified atom stereocenters. The molecule has 0 spiro atoms. The van der Waals surface area contributed by atoms with E-state index in [1.807, 2.05) is 39.0 Å². The number of rotatable bonds is 3. The Hall–Kier alpha value is -2.93. The van der Waals surface area contributed by atoms with Gasteiger partial charge in [-0.15, -0.1) is 0 Å². The highest BCUT2D eigenvalue weighted by atomic mass is 35.5. The lowest BCUT2D eigenvalue weighted by Crippen LogP contribution is -2.40. The second kappa shape index (κ2) is 9.26. The highest BCUT2D eigenvalue weighted by Gasteiger charge is 2.24. The smallest absolute Gasteiger partial charge is 0.410 e. The minimum atomic E-state index is -0.497. The van der Waals surface area contributed by atoms with Crippen LogP contribution in [0, 0.1) is 0 Å². The van der Waals surface area contributed by atoms with Crippen molar-refractivity contribution in [2.45, 2.75) is 39.2 Å². The van der Waals surface area contributed by atoms with Crippen LogP contribution in [0.3, 0.4) is 0 Å². The summed E-state index contributed by atoms with van der Waals surface area (Å²) in [5, 5.41) is 3.21. The predicted octanol–water partition coefficient (Wildman–Crippen LogP) is 4.80. The van der Waals surface area contributed by atoms with Crippen LogP contribution < -0.4 is 5.32 Å². The van der Waals surface area contributed by atoms with Crippen LogP contribution in [0.1, 0.15) is 49.8 Å². The fourth-order valence-electron chi connectivity index (χ4n) is 2.95. The van der Waals surface area contributed by atoms with Crippen LogP contribution in [-0.2, 0) is 4.74 Å². The number of hydrogen-bond donors (Lipinski definition) is 1. The van der Waals surface area contributed by atoms with E-state index < -0.39 is 5.60 Å². The summed E-state index contributed by atoms with van der Waals surface area (Å²) in [6.07, 6.45) is 4.66. The Morgan fingerprint density at radius 2 is 1.90 bits per heavy atom. The minimum absolute atomic E-state index is 0.263. The lowest BCUT2D eigenvalue weighted by molar-refractivity contribution is 0.0237. The second-order valence-electron chi connectivity index (χ2n) is 8.03. The largest absolute Gasteiger partial charge is 0.444 e. The zero-order chi connectivity index (χ0) is 21.7. The third kappa shape index (κ3) is 6.29. The molecule has 7 nitrogen and oxygen atoms in total. The van der Waals surface area contributed by atoms with Crippen molar-refractivity contribution in [3.63, 3.8) is 0 Å². The molecule has 0 bridgehead atoms. The number of halogens is 1. The van der Waals surface area contributed by atoms with Crippen LogP contribution >= 0.6 is 11.6 Å². The molecule has 30 heavy (non-hydrogen) atoms. The third-order valence-corrected chi connectivity index (χ3v) is 4.61. The molecule has 1 N–H and O–H groups in total. The quantitative estimate of drug-likeness (QED) is 0.759. The summed E-state index contributed by atoms with van der Waals surface area (Å²) in [6.45, 7) is 6.81. The van der Waals surface area contributed by atoms with E-state index >= 15 is 0 Å². The highest BCUT2D eigenvalue weighted by Crippen LogP contribution is 2.21. The van der Waals surface area contributed by atoms with Gasteiger partial charge in [-0.25, -0.2) is 14.8 Å². The number of nitrogens with zero attached hydrogens (tertiary/aromatic N) is 3. The summed E-state index contributed by atoms with van der Waals surface area (Å²) < 4.78 is 5.43. The molecule has 1 aliphatic rings. The van der Waals surface area contributed by atoms with E-state index in [0.29, 0.717) is 23.9 Å². The monoisotopic (exact) mass is 428 g/mol. The molecule has 2 amide bonds. The number of carbonyl (C=O) groups is 2. The van der Waals surface area contributed by atoms with Gasteiger partial charge in [0, 0.05) is 19.3 Å². The number of likely N-dealkylation sites (tertiary alicyclic amines) is 1. The molecule has 0 saturated carbocycles. The summed E-state index contributed by atoms with van der Waals surface area (Å²) in [6, 6.07) is 8.60. The molecule has 158 valence electrons. The number of nitrogens with one attached hydrogen (secondary N) is 1. The Balaban J connectivity index is 1.60. The van der Waals surface area contributed by atoms with Gasteiger partial charge in [-0.1, -0.05) is 23.2 Å². The summed E-state index contributed by atoms with van der Waals surface area (Å²) in [7, 11) is 0. The molecular formula is C22H25ClN4O3. The first-order valence-corrected chi connectivity index (χ1v) is 10.1. The molecule has 3 rings (SSSR count). The average Bonchev–Trinajstić information content (AvgIpc) is 2.68. The van der Waals surface area contributed by atoms with Crippen molar-refractivity contribution in [2.75, 3.05) is 18.4 Å². The van der Waals surface area contributed by atoms with E-state index in [1.54, 1.807) is 23.1 Å². The van der Waals surface area contributed by atoms with Gasteiger partial charge in [0.05, 0.1) is 10.7 Å². The van der Waals surface area contributed by atoms with E-state index in [4.69, 9.17) is 16.3 Å². The van der Waals surface area contributed by atoms with E-state index in [9.17, 15) is 9.59 Å². The molecule has 2 aromatic heterocycles. The Labute approximate surface area is 181 Å². The number of hydrogen-bond acceptors (Lipinski definition) is 5. The molecule has 0 aliphatic carbocycles. The van der Waals surface area contributed by atoms with Crippen molar-refractivity contribution in [3.8, 4) is 0 Å². The molecule has 1 aliphatic heterocycles. The van der Waals surface area contributed by atoms with Gasteiger partial charge in [0.1, 0.15) is 17.1 Å². The Kier molecular flexibility index (Phi) is 6.72.